The highest BCUT2D eigenvalue weighted by molar-refractivity contribution is 14.0. The normalized spacial score (nSPS) is 26.6. The summed E-state index contributed by atoms with van der Waals surface area (Å²) in [6.45, 7) is 3.46. The topological polar surface area (TPSA) is 83.0 Å². The molecule has 1 saturated carbocycles. The van der Waals surface area contributed by atoms with E-state index in [1.807, 2.05) is 19.1 Å². The van der Waals surface area contributed by atoms with Gasteiger partial charge in [-0.1, -0.05) is 18.2 Å². The third-order valence-electron chi connectivity index (χ3n) is 6.22. The number of methoxy groups -OCH3 is 1. The number of carbonyl (C=O) groups excluding carboxylic acids is 2. The minimum atomic E-state index is -0.133. The third kappa shape index (κ3) is 4.19. The molecule has 1 aromatic rings. The molecule has 7 nitrogen and oxygen atoms in total. The maximum Gasteiger partial charge on any atom is 0.233 e. The summed E-state index contributed by atoms with van der Waals surface area (Å²) in [6.07, 6.45) is 5.19. The van der Waals surface area contributed by atoms with Gasteiger partial charge >= 0.3 is 0 Å². The van der Waals surface area contributed by atoms with Crippen LogP contribution in [-0.2, 0) is 16.1 Å². The van der Waals surface area contributed by atoms with Crippen molar-refractivity contribution in [3.63, 3.8) is 0 Å². The van der Waals surface area contributed by atoms with Crippen molar-refractivity contribution < 1.29 is 14.3 Å². The van der Waals surface area contributed by atoms with Crippen molar-refractivity contribution in [2.75, 3.05) is 27.2 Å². The summed E-state index contributed by atoms with van der Waals surface area (Å²) in [5, 5.41) is 6.46. The fraction of sp³-hybridized carbons (Fsp3) is 0.500. The van der Waals surface area contributed by atoms with Crippen LogP contribution in [0.2, 0.25) is 0 Å². The summed E-state index contributed by atoms with van der Waals surface area (Å²) in [7, 11) is 3.36. The molecule has 2 amide bonds. The van der Waals surface area contributed by atoms with Gasteiger partial charge in [0.25, 0.3) is 0 Å². The predicted molar refractivity (Wildman–Crippen MR) is 126 cm³/mol. The number of allylic oxidation sites excluding steroid dienone is 2. The number of imide groups is 1. The van der Waals surface area contributed by atoms with Crippen molar-refractivity contribution in [2.24, 2.45) is 28.7 Å². The predicted octanol–water partition coefficient (Wildman–Crippen LogP) is 2.09. The number of aryl methyl sites for hydroxylation is 1. The van der Waals surface area contributed by atoms with Crippen molar-refractivity contribution in [3.05, 3.63) is 41.5 Å². The number of ether oxygens (including phenoxy) is 1. The Balaban J connectivity index is 0.00000256. The molecule has 2 fully saturated rings. The average molecular weight is 524 g/mol. The van der Waals surface area contributed by atoms with E-state index in [1.165, 1.54) is 4.90 Å². The Kier molecular flexibility index (Phi) is 7.05. The number of fused-ring (bicyclic) bond motifs is 5. The van der Waals surface area contributed by atoms with E-state index < -0.39 is 0 Å². The molecule has 2 N–H and O–H groups in total. The van der Waals surface area contributed by atoms with Crippen LogP contribution >= 0.6 is 24.0 Å². The Hall–Kier alpha value is -2.10. The average Bonchev–Trinajstić information content (AvgIpc) is 3.39. The first kappa shape index (κ1) is 22.6. The zero-order valence-corrected chi connectivity index (χ0v) is 19.9. The molecular weight excluding hydrogens is 495 g/mol. The third-order valence-corrected chi connectivity index (χ3v) is 6.22. The van der Waals surface area contributed by atoms with E-state index in [9.17, 15) is 9.59 Å². The number of amides is 2. The SMILES string of the molecule is CN=C(NCCN1C(=O)C2C3C=CC(C3)C2C1=O)NCc1cc(C)cc(OC)c1.I. The molecule has 0 spiro atoms. The molecule has 30 heavy (non-hydrogen) atoms. The molecule has 1 saturated heterocycles. The number of rotatable bonds is 6. The lowest BCUT2D eigenvalue weighted by Gasteiger charge is -2.18. The second kappa shape index (κ2) is 9.36. The number of nitrogens with zero attached hydrogens (tertiary/aromatic N) is 2. The van der Waals surface area contributed by atoms with Gasteiger partial charge in [-0.15, -0.1) is 24.0 Å². The molecule has 162 valence electrons. The summed E-state index contributed by atoms with van der Waals surface area (Å²) in [5.74, 6) is 1.68. The summed E-state index contributed by atoms with van der Waals surface area (Å²) in [4.78, 5) is 31.1. The van der Waals surface area contributed by atoms with Gasteiger partial charge in [0.2, 0.25) is 11.8 Å². The van der Waals surface area contributed by atoms with E-state index in [-0.39, 0.29) is 59.5 Å². The van der Waals surface area contributed by atoms with E-state index in [2.05, 4.69) is 33.8 Å². The fourth-order valence-corrected chi connectivity index (χ4v) is 4.92. The smallest absolute Gasteiger partial charge is 0.233 e. The summed E-state index contributed by atoms with van der Waals surface area (Å²) in [5.41, 5.74) is 2.22. The van der Waals surface area contributed by atoms with E-state index >= 15 is 0 Å². The number of hydrogen-bond donors (Lipinski definition) is 2. The summed E-state index contributed by atoms with van der Waals surface area (Å²) < 4.78 is 5.31. The van der Waals surface area contributed by atoms with Gasteiger partial charge in [-0.25, -0.2) is 0 Å². The van der Waals surface area contributed by atoms with Crippen LogP contribution in [0.3, 0.4) is 0 Å². The summed E-state index contributed by atoms with van der Waals surface area (Å²) >= 11 is 0. The number of aliphatic imine (C=N–C) groups is 1. The van der Waals surface area contributed by atoms with E-state index in [1.54, 1.807) is 14.2 Å². The second-order valence-corrected chi connectivity index (χ2v) is 8.04. The molecule has 4 unspecified atom stereocenters. The second-order valence-electron chi connectivity index (χ2n) is 8.04. The highest BCUT2D eigenvalue weighted by atomic mass is 127. The quantitative estimate of drug-likeness (QED) is 0.196. The van der Waals surface area contributed by atoms with Crippen LogP contribution in [-0.4, -0.2) is 49.9 Å². The Morgan fingerprint density at radius 2 is 1.80 bits per heavy atom. The number of carbonyl (C=O) groups is 2. The Morgan fingerprint density at radius 1 is 1.13 bits per heavy atom. The van der Waals surface area contributed by atoms with Crippen molar-refractivity contribution in [1.29, 1.82) is 0 Å². The van der Waals surface area contributed by atoms with Crippen molar-refractivity contribution in [2.45, 2.75) is 19.9 Å². The van der Waals surface area contributed by atoms with E-state index in [0.717, 1.165) is 23.3 Å². The first-order chi connectivity index (χ1) is 14.0. The minimum Gasteiger partial charge on any atom is -0.497 e. The molecule has 4 atom stereocenters. The van der Waals surface area contributed by atoms with Gasteiger partial charge < -0.3 is 15.4 Å². The van der Waals surface area contributed by atoms with Crippen LogP contribution in [0, 0.1) is 30.6 Å². The van der Waals surface area contributed by atoms with Gasteiger partial charge in [0.05, 0.1) is 18.9 Å². The molecule has 1 heterocycles. The largest absolute Gasteiger partial charge is 0.497 e. The molecule has 2 aliphatic carbocycles. The van der Waals surface area contributed by atoms with Crippen LogP contribution < -0.4 is 15.4 Å². The van der Waals surface area contributed by atoms with Gasteiger partial charge in [0.15, 0.2) is 5.96 Å². The maximum absolute atomic E-state index is 12.7. The number of guanidine groups is 1. The molecule has 0 aromatic heterocycles. The van der Waals surface area contributed by atoms with Crippen molar-refractivity contribution in [1.82, 2.24) is 15.5 Å². The molecule has 1 aliphatic heterocycles. The molecular formula is C22H29IN4O3. The molecule has 8 heteroatoms. The van der Waals surface area contributed by atoms with Gasteiger partial charge in [0.1, 0.15) is 5.75 Å². The van der Waals surface area contributed by atoms with Gasteiger partial charge in [0, 0.05) is 26.7 Å². The Labute approximate surface area is 194 Å². The van der Waals surface area contributed by atoms with Crippen LogP contribution in [0.4, 0.5) is 0 Å². The molecule has 4 rings (SSSR count). The van der Waals surface area contributed by atoms with Crippen LogP contribution in [0.1, 0.15) is 17.5 Å². The first-order valence-corrected chi connectivity index (χ1v) is 10.1. The highest BCUT2D eigenvalue weighted by Crippen LogP contribution is 2.52. The number of halogens is 1. The zero-order chi connectivity index (χ0) is 20.5. The highest BCUT2D eigenvalue weighted by Gasteiger charge is 2.58. The number of benzene rings is 1. The van der Waals surface area contributed by atoms with Gasteiger partial charge in [-0.2, -0.15) is 0 Å². The molecule has 1 aromatic carbocycles. The maximum atomic E-state index is 12.7. The van der Waals surface area contributed by atoms with Gasteiger partial charge in [-0.05, 0) is 48.4 Å². The monoisotopic (exact) mass is 524 g/mol. The van der Waals surface area contributed by atoms with Crippen molar-refractivity contribution in [3.8, 4) is 5.75 Å². The fourth-order valence-electron chi connectivity index (χ4n) is 4.92. The lowest BCUT2D eigenvalue weighted by molar-refractivity contribution is -0.140. The minimum absolute atomic E-state index is 0. The van der Waals surface area contributed by atoms with Crippen molar-refractivity contribution >= 4 is 41.8 Å². The van der Waals surface area contributed by atoms with E-state index in [4.69, 9.17) is 4.74 Å². The Morgan fingerprint density at radius 3 is 2.40 bits per heavy atom. The number of likely N-dealkylation sites (tertiary alicyclic amines) is 1. The van der Waals surface area contributed by atoms with Gasteiger partial charge in [-0.3, -0.25) is 19.5 Å². The molecule has 3 aliphatic rings. The molecule has 2 bridgehead atoms. The lowest BCUT2D eigenvalue weighted by Crippen LogP contribution is -2.43. The zero-order valence-electron chi connectivity index (χ0n) is 17.6. The first-order valence-electron chi connectivity index (χ1n) is 10.1. The lowest BCUT2D eigenvalue weighted by atomic mass is 9.85. The number of nitrogens with one attached hydrogen (secondary N) is 2. The number of hydrogen-bond acceptors (Lipinski definition) is 4. The Bertz CT molecular complexity index is 855. The summed E-state index contributed by atoms with van der Waals surface area (Å²) in [6, 6.07) is 6.05. The van der Waals surface area contributed by atoms with Crippen LogP contribution in [0.15, 0.2) is 35.3 Å². The van der Waals surface area contributed by atoms with Crippen LogP contribution in [0.5, 0.6) is 5.75 Å². The van der Waals surface area contributed by atoms with Crippen LogP contribution in [0.25, 0.3) is 0 Å². The van der Waals surface area contributed by atoms with E-state index in [0.29, 0.717) is 25.6 Å². The molecule has 0 radical (unpaired) electrons. The standard InChI is InChI=1S/C22H28N4O3.HI/c1-13-8-14(10-17(9-13)29-3)12-25-22(23-2)24-6-7-26-20(27)18-15-4-5-16(11-15)19(18)21(26)28;/h4-5,8-10,15-16,18-19H,6-7,11-12H2,1-3H3,(H2,23,24,25);1H.